The van der Waals surface area contributed by atoms with Gasteiger partial charge in [-0.2, -0.15) is 0 Å². The van der Waals surface area contributed by atoms with Crippen molar-refractivity contribution in [2.45, 2.75) is 130 Å². The minimum atomic E-state index is -1.98. The van der Waals surface area contributed by atoms with E-state index in [9.17, 15) is 9.59 Å². The average molecular weight is 575 g/mol. The van der Waals surface area contributed by atoms with Gasteiger partial charge in [0.15, 0.2) is 0 Å². The predicted molar refractivity (Wildman–Crippen MR) is 149 cm³/mol. The largest absolute Gasteiger partial charge is 0.377 e. The van der Waals surface area contributed by atoms with E-state index in [0.29, 0.717) is 38.5 Å². The van der Waals surface area contributed by atoms with Crippen LogP contribution in [0.4, 0.5) is 9.59 Å². The Morgan fingerprint density at radius 1 is 0.425 bits per heavy atom. The van der Waals surface area contributed by atoms with Crippen molar-refractivity contribution in [1.82, 2.24) is 20.3 Å². The number of amides is 4. The highest BCUT2D eigenvalue weighted by Crippen LogP contribution is 2.54. The summed E-state index contributed by atoms with van der Waals surface area (Å²) in [7, 11) is 0. The summed E-state index contributed by atoms with van der Waals surface area (Å²) in [6, 6.07) is -1.30. The van der Waals surface area contributed by atoms with Crippen LogP contribution >= 0.6 is 0 Å². The van der Waals surface area contributed by atoms with Gasteiger partial charge in [0.1, 0.15) is 0 Å². The van der Waals surface area contributed by atoms with E-state index in [1.807, 2.05) is 41.5 Å². The SMILES string of the molecule is CCCCON1C(=O)N(OCCCC)C2(OCCCC)N(OCCCC)C(=O)N(OCCCC)C12OCCCC. The normalized spacial score (nSPS) is 22.8. The number of ether oxygens (including phenoxy) is 2. The van der Waals surface area contributed by atoms with Gasteiger partial charge in [-0.15, -0.1) is 20.3 Å². The monoisotopic (exact) mass is 574 g/mol. The number of nitrogens with zero attached hydrogens (tertiary/aromatic N) is 4. The molecule has 0 N–H and O–H groups in total. The molecule has 12 nitrogen and oxygen atoms in total. The lowest BCUT2D eigenvalue weighted by molar-refractivity contribution is -0.464. The number of urea groups is 2. The third kappa shape index (κ3) is 7.19. The molecule has 40 heavy (non-hydrogen) atoms. The van der Waals surface area contributed by atoms with Crippen LogP contribution in [0.1, 0.15) is 119 Å². The van der Waals surface area contributed by atoms with E-state index in [1.165, 1.54) is 0 Å². The van der Waals surface area contributed by atoms with Gasteiger partial charge in [0.2, 0.25) is 0 Å². The molecule has 4 amide bonds. The summed E-state index contributed by atoms with van der Waals surface area (Å²) >= 11 is 0. The van der Waals surface area contributed by atoms with Crippen LogP contribution in [-0.4, -0.2) is 83.7 Å². The zero-order chi connectivity index (χ0) is 29.4. The van der Waals surface area contributed by atoms with Crippen LogP contribution < -0.4 is 0 Å². The number of rotatable bonds is 24. The van der Waals surface area contributed by atoms with Crippen molar-refractivity contribution in [3.8, 4) is 0 Å². The Labute approximate surface area is 240 Å². The van der Waals surface area contributed by atoms with Crippen LogP contribution in [0.25, 0.3) is 0 Å². The molecular formula is C28H54N4O8. The molecule has 0 aromatic rings. The molecule has 0 aromatic carbocycles. The number of hydroxylamine groups is 8. The third-order valence-corrected chi connectivity index (χ3v) is 6.70. The first kappa shape index (κ1) is 34.5. The molecule has 0 spiro atoms. The highest BCUT2D eigenvalue weighted by atomic mass is 16.9. The minimum Gasteiger partial charge on any atom is -0.329 e. The Kier molecular flexibility index (Phi) is 15.5. The fraction of sp³-hybridized carbons (Fsp3) is 0.929. The minimum absolute atomic E-state index is 0.211. The zero-order valence-electron chi connectivity index (χ0n) is 25.8. The molecule has 2 aliphatic rings. The molecular weight excluding hydrogens is 520 g/mol. The van der Waals surface area contributed by atoms with Crippen molar-refractivity contribution in [3.05, 3.63) is 0 Å². The second-order valence-electron chi connectivity index (χ2n) is 10.1. The summed E-state index contributed by atoms with van der Waals surface area (Å²) < 4.78 is 13.2. The number of carbonyl (C=O) groups is 2. The number of hydrogen-bond donors (Lipinski definition) is 0. The van der Waals surface area contributed by atoms with Crippen LogP contribution in [-0.2, 0) is 28.8 Å². The Bertz CT molecular complexity index is 643. The summed E-state index contributed by atoms with van der Waals surface area (Å²) in [5, 5.41) is 4.29. The summed E-state index contributed by atoms with van der Waals surface area (Å²) in [6.45, 7) is 13.5. The topological polar surface area (TPSA) is 102 Å². The van der Waals surface area contributed by atoms with E-state index in [4.69, 9.17) is 28.8 Å². The van der Waals surface area contributed by atoms with Gasteiger partial charge in [0.25, 0.3) is 0 Å². The molecule has 0 atom stereocenters. The summed E-state index contributed by atoms with van der Waals surface area (Å²) in [6.07, 6.45) is 9.18. The van der Waals surface area contributed by atoms with E-state index in [0.717, 1.165) is 58.8 Å². The van der Waals surface area contributed by atoms with Crippen LogP contribution in [0.5, 0.6) is 0 Å². The first-order chi connectivity index (χ1) is 19.5. The van der Waals surface area contributed by atoms with Crippen molar-refractivity contribution in [2.75, 3.05) is 39.6 Å². The van der Waals surface area contributed by atoms with Crippen molar-refractivity contribution in [1.29, 1.82) is 0 Å². The Hall–Kier alpha value is -1.70. The molecule has 2 fully saturated rings. The van der Waals surface area contributed by atoms with Crippen LogP contribution in [0.2, 0.25) is 0 Å². The summed E-state index contributed by atoms with van der Waals surface area (Å²) in [4.78, 5) is 52.9. The maximum Gasteiger partial charge on any atom is 0.377 e. The first-order valence-electron chi connectivity index (χ1n) is 15.6. The fourth-order valence-electron chi connectivity index (χ4n) is 4.29. The molecule has 0 radical (unpaired) electrons. The molecule has 2 rings (SSSR count). The lowest BCUT2D eigenvalue weighted by Crippen LogP contribution is -2.71. The highest BCUT2D eigenvalue weighted by Gasteiger charge is 2.86. The van der Waals surface area contributed by atoms with Gasteiger partial charge in [0, 0.05) is 0 Å². The van der Waals surface area contributed by atoms with E-state index in [1.54, 1.807) is 0 Å². The smallest absolute Gasteiger partial charge is 0.329 e. The maximum absolute atomic E-state index is 14.2. The van der Waals surface area contributed by atoms with Gasteiger partial charge in [-0.3, -0.25) is 19.4 Å². The van der Waals surface area contributed by atoms with Gasteiger partial charge >= 0.3 is 23.8 Å². The van der Waals surface area contributed by atoms with E-state index < -0.39 is 23.8 Å². The summed E-state index contributed by atoms with van der Waals surface area (Å²) in [5.41, 5.74) is 0. The van der Waals surface area contributed by atoms with E-state index >= 15 is 0 Å². The van der Waals surface area contributed by atoms with E-state index in [2.05, 4.69) is 0 Å². The molecule has 0 bridgehead atoms. The lowest BCUT2D eigenvalue weighted by atomic mass is 10.2. The van der Waals surface area contributed by atoms with Crippen molar-refractivity contribution in [2.24, 2.45) is 0 Å². The second kappa shape index (κ2) is 18.0. The maximum atomic E-state index is 14.2. The molecule has 0 saturated carbocycles. The van der Waals surface area contributed by atoms with Crippen LogP contribution in [0.15, 0.2) is 0 Å². The standard InChI is InChI=1S/C28H54N4O8/c1-7-13-19-35-27-28(36-20-14-8-2,31(39-23-17-11-5)25(33)29(27)37-21-15-9-3)32(40-24-18-12-6)26(34)30(27)38-22-16-10-4/h7-24H2,1-6H3. The Morgan fingerprint density at radius 2 is 0.650 bits per heavy atom. The van der Waals surface area contributed by atoms with Gasteiger partial charge in [0.05, 0.1) is 39.6 Å². The number of fused-ring (bicyclic) bond motifs is 1. The number of carbonyl (C=O) groups excluding carboxylic acids is 2. The number of hydrogen-bond acceptors (Lipinski definition) is 8. The molecule has 2 heterocycles. The van der Waals surface area contributed by atoms with Crippen molar-refractivity contribution < 1.29 is 38.4 Å². The fourth-order valence-corrected chi connectivity index (χ4v) is 4.29. The lowest BCUT2D eigenvalue weighted by Gasteiger charge is -2.44. The predicted octanol–water partition coefficient (Wildman–Crippen LogP) is 6.33. The first-order valence-corrected chi connectivity index (χ1v) is 15.6. The number of unbranched alkanes of at least 4 members (excludes halogenated alkanes) is 6. The summed E-state index contributed by atoms with van der Waals surface area (Å²) in [5.74, 6) is -3.96. The quantitative estimate of drug-likeness (QED) is 0.123. The van der Waals surface area contributed by atoms with Crippen molar-refractivity contribution in [3.63, 3.8) is 0 Å². The molecule has 2 saturated heterocycles. The van der Waals surface area contributed by atoms with Crippen LogP contribution in [0, 0.1) is 0 Å². The Balaban J connectivity index is 2.78. The van der Waals surface area contributed by atoms with Gasteiger partial charge in [-0.1, -0.05) is 80.1 Å². The zero-order valence-corrected chi connectivity index (χ0v) is 25.8. The van der Waals surface area contributed by atoms with Gasteiger partial charge < -0.3 is 9.47 Å². The molecule has 234 valence electrons. The van der Waals surface area contributed by atoms with Crippen LogP contribution in [0.3, 0.4) is 0 Å². The molecule has 2 aliphatic heterocycles. The molecule has 12 heteroatoms. The van der Waals surface area contributed by atoms with Crippen molar-refractivity contribution >= 4 is 12.1 Å². The third-order valence-electron chi connectivity index (χ3n) is 6.70. The molecule has 0 aromatic heterocycles. The van der Waals surface area contributed by atoms with Gasteiger partial charge in [-0.05, 0) is 38.5 Å². The second-order valence-corrected chi connectivity index (χ2v) is 10.1. The van der Waals surface area contributed by atoms with E-state index in [-0.39, 0.29) is 39.6 Å². The molecule has 0 unspecified atom stereocenters. The van der Waals surface area contributed by atoms with Gasteiger partial charge in [-0.25, -0.2) is 9.59 Å². The average Bonchev–Trinajstić information content (AvgIpc) is 3.25. The molecule has 0 aliphatic carbocycles. The Morgan fingerprint density at radius 3 is 0.875 bits per heavy atom. The highest BCUT2D eigenvalue weighted by molar-refractivity contribution is 5.84.